The first kappa shape index (κ1) is 8.54. The van der Waals surface area contributed by atoms with Crippen molar-refractivity contribution >= 4 is 13.3 Å². The Morgan fingerprint density at radius 1 is 1.25 bits per heavy atom. The van der Waals surface area contributed by atoms with Gasteiger partial charge in [-0.15, -0.1) is 0 Å². The van der Waals surface area contributed by atoms with Crippen LogP contribution in [0.2, 0.25) is 17.3 Å². The van der Waals surface area contributed by atoms with Crippen LogP contribution in [0, 0.1) is 5.25 Å². The van der Waals surface area contributed by atoms with Crippen molar-refractivity contribution in [1.82, 2.24) is 0 Å². The zero-order valence-corrected chi connectivity index (χ0v) is 8.59. The molecule has 0 aromatic rings. The summed E-state index contributed by atoms with van der Waals surface area (Å²) in [5.41, 5.74) is 0. The molecule has 0 aliphatic heterocycles. The van der Waals surface area contributed by atoms with E-state index in [2.05, 4.69) is 29.4 Å². The van der Waals surface area contributed by atoms with Gasteiger partial charge in [0.15, 0.2) is 0 Å². The van der Waals surface area contributed by atoms with Crippen LogP contribution in [0.4, 0.5) is 0 Å². The molecule has 0 bridgehead atoms. The van der Waals surface area contributed by atoms with E-state index in [4.69, 9.17) is 0 Å². The molecule has 0 amide bonds. The van der Waals surface area contributed by atoms with Crippen molar-refractivity contribution in [2.24, 2.45) is 0 Å². The van der Waals surface area contributed by atoms with Gasteiger partial charge in [-0.25, -0.2) is 0 Å². The van der Waals surface area contributed by atoms with Crippen molar-refractivity contribution in [2.45, 2.75) is 37.0 Å². The van der Waals surface area contributed by atoms with Crippen molar-refractivity contribution in [3.63, 3.8) is 0 Å². The van der Waals surface area contributed by atoms with Crippen LogP contribution in [0.25, 0.3) is 0 Å². The molecule has 0 aliphatic carbocycles. The first-order chi connectivity index (χ1) is 3.56. The van der Waals surface area contributed by atoms with Gasteiger partial charge in [0.25, 0.3) is 0 Å². The molecule has 0 atom stereocenters. The standard InChI is InChI=1S/C7H17Ge/c1-5-6-7-8(2,3)4/h7H,5-6H2,1-4H3. The predicted octanol–water partition coefficient (Wildman–Crippen LogP) is 2.87. The Morgan fingerprint density at radius 3 is 1.88 bits per heavy atom. The monoisotopic (exact) mass is 175 g/mol. The van der Waals surface area contributed by atoms with Gasteiger partial charge in [0.05, 0.1) is 0 Å². The van der Waals surface area contributed by atoms with Gasteiger partial charge >= 0.3 is 55.6 Å². The van der Waals surface area contributed by atoms with E-state index in [0.29, 0.717) is 0 Å². The molecule has 49 valence electrons. The number of rotatable bonds is 3. The minimum absolute atomic E-state index is 1.23. The average molecular weight is 174 g/mol. The Kier molecular flexibility index (Phi) is 3.79. The number of unbranched alkanes of at least 4 members (excludes halogenated alkanes) is 1. The fraction of sp³-hybridized carbons (Fsp3) is 0.857. The number of hydrogen-bond donors (Lipinski definition) is 0. The first-order valence-corrected chi connectivity index (χ1v) is 10.9. The molecule has 1 heteroatoms. The van der Waals surface area contributed by atoms with Crippen molar-refractivity contribution in [2.75, 3.05) is 0 Å². The molecule has 0 fully saturated rings. The minimum atomic E-state index is -1.23. The Bertz CT molecular complexity index is 51.9. The molecule has 0 N–H and O–H groups in total. The van der Waals surface area contributed by atoms with Crippen LogP contribution in [0.5, 0.6) is 0 Å². The molecule has 1 radical (unpaired) electrons. The predicted molar refractivity (Wildman–Crippen MR) is 42.6 cm³/mol. The zero-order chi connectivity index (χ0) is 6.62. The van der Waals surface area contributed by atoms with Crippen LogP contribution in [-0.2, 0) is 0 Å². The molecule has 0 aliphatic rings. The third-order valence-electron chi connectivity index (χ3n) is 1.05. The van der Waals surface area contributed by atoms with Gasteiger partial charge in [-0.1, -0.05) is 0 Å². The molecule has 0 aromatic heterocycles. The molecule has 0 unspecified atom stereocenters. The fourth-order valence-corrected chi connectivity index (χ4v) is 3.00. The molecule has 0 heterocycles. The second-order valence-electron chi connectivity index (χ2n) is 3.36. The number of hydrogen-bond acceptors (Lipinski definition) is 0. The Labute approximate surface area is 56.0 Å². The van der Waals surface area contributed by atoms with E-state index >= 15 is 0 Å². The Balaban J connectivity index is 3.11. The van der Waals surface area contributed by atoms with E-state index in [1.165, 1.54) is 12.8 Å². The second kappa shape index (κ2) is 3.55. The van der Waals surface area contributed by atoms with E-state index in [1.54, 1.807) is 0 Å². The summed E-state index contributed by atoms with van der Waals surface area (Å²) in [5, 5.41) is 2.56. The molecule has 0 aromatic carbocycles. The fourth-order valence-electron chi connectivity index (χ4n) is 0.577. The van der Waals surface area contributed by atoms with Crippen molar-refractivity contribution < 1.29 is 0 Å². The summed E-state index contributed by atoms with van der Waals surface area (Å²) in [6.45, 7) is 2.24. The zero-order valence-electron chi connectivity index (χ0n) is 6.49. The summed E-state index contributed by atoms with van der Waals surface area (Å²) in [5.74, 6) is 7.28. The normalized spacial score (nSPS) is 12.0. The average Bonchev–Trinajstić information content (AvgIpc) is 1.59. The van der Waals surface area contributed by atoms with Gasteiger partial charge < -0.3 is 0 Å². The van der Waals surface area contributed by atoms with E-state index < -0.39 is 13.3 Å². The molecule has 8 heavy (non-hydrogen) atoms. The van der Waals surface area contributed by atoms with Crippen LogP contribution in [0.3, 0.4) is 0 Å². The molecular formula is C7H17Ge. The topological polar surface area (TPSA) is 0 Å². The summed E-state index contributed by atoms with van der Waals surface area (Å²) < 4.78 is 0. The Morgan fingerprint density at radius 2 is 1.75 bits per heavy atom. The van der Waals surface area contributed by atoms with E-state index in [-0.39, 0.29) is 0 Å². The Hall–Kier alpha value is 0.543. The summed E-state index contributed by atoms with van der Waals surface area (Å²) >= 11 is -1.23. The summed E-state index contributed by atoms with van der Waals surface area (Å²) in [6.07, 6.45) is 2.66. The molecule has 0 saturated carbocycles. The SMILES string of the molecule is CCC[CH][Ge]([CH3])([CH3])[CH3]. The molecular weight excluding hydrogens is 157 g/mol. The summed E-state index contributed by atoms with van der Waals surface area (Å²) in [6, 6.07) is 0. The van der Waals surface area contributed by atoms with E-state index in [0.717, 1.165) is 0 Å². The quantitative estimate of drug-likeness (QED) is 0.576. The maximum atomic E-state index is 2.56. The van der Waals surface area contributed by atoms with Crippen molar-refractivity contribution in [3.05, 3.63) is 5.25 Å². The van der Waals surface area contributed by atoms with Crippen molar-refractivity contribution in [1.29, 1.82) is 0 Å². The van der Waals surface area contributed by atoms with Gasteiger partial charge in [-0.2, -0.15) is 0 Å². The van der Waals surface area contributed by atoms with E-state index in [9.17, 15) is 0 Å². The van der Waals surface area contributed by atoms with Crippen molar-refractivity contribution in [3.8, 4) is 0 Å². The first-order valence-electron chi connectivity index (χ1n) is 3.40. The molecule has 0 rings (SSSR count). The van der Waals surface area contributed by atoms with Gasteiger partial charge in [0.1, 0.15) is 0 Å². The third kappa shape index (κ3) is 6.54. The van der Waals surface area contributed by atoms with Crippen LogP contribution < -0.4 is 0 Å². The van der Waals surface area contributed by atoms with Crippen LogP contribution in [-0.4, -0.2) is 13.3 Å². The van der Waals surface area contributed by atoms with Gasteiger partial charge in [0.2, 0.25) is 0 Å². The summed E-state index contributed by atoms with van der Waals surface area (Å²) in [4.78, 5) is 0. The van der Waals surface area contributed by atoms with Crippen LogP contribution in [0.1, 0.15) is 19.8 Å². The van der Waals surface area contributed by atoms with E-state index in [1.807, 2.05) is 0 Å². The molecule has 0 saturated heterocycles. The van der Waals surface area contributed by atoms with Gasteiger partial charge in [-0.05, 0) is 0 Å². The molecule has 0 spiro atoms. The molecule has 0 nitrogen and oxygen atoms in total. The van der Waals surface area contributed by atoms with Crippen LogP contribution >= 0.6 is 0 Å². The van der Waals surface area contributed by atoms with Crippen LogP contribution in [0.15, 0.2) is 0 Å². The van der Waals surface area contributed by atoms with Gasteiger partial charge in [-0.3, -0.25) is 0 Å². The van der Waals surface area contributed by atoms with Gasteiger partial charge in [0, 0.05) is 0 Å². The maximum absolute atomic E-state index is 2.56. The summed E-state index contributed by atoms with van der Waals surface area (Å²) in [7, 11) is 0. The third-order valence-corrected chi connectivity index (χ3v) is 4.22. The second-order valence-corrected chi connectivity index (χ2v) is 14.1.